The fraction of sp³-hybridized carbons (Fsp3) is 0.417. The van der Waals surface area contributed by atoms with E-state index in [9.17, 15) is 14.9 Å². The van der Waals surface area contributed by atoms with Crippen molar-refractivity contribution in [2.24, 2.45) is 0 Å². The number of ether oxygens (including phenoxy) is 1. The molecule has 0 aliphatic rings. The quantitative estimate of drug-likeness (QED) is 0.359. The summed E-state index contributed by atoms with van der Waals surface area (Å²) in [6, 6.07) is 4.77. The van der Waals surface area contributed by atoms with Crippen molar-refractivity contribution < 1.29 is 14.5 Å². The maximum absolute atomic E-state index is 11.1. The number of rotatable bonds is 7. The smallest absolute Gasteiger partial charge is 0.307 e. The van der Waals surface area contributed by atoms with E-state index in [2.05, 4.69) is 21.2 Å². The number of carbonyl (C=O) groups is 1. The molecule has 0 radical (unpaired) electrons. The molecule has 0 bridgehead atoms. The van der Waals surface area contributed by atoms with E-state index in [0.717, 1.165) is 4.47 Å². The highest BCUT2D eigenvalue weighted by atomic mass is 79.9. The van der Waals surface area contributed by atoms with E-state index in [1.807, 2.05) is 0 Å². The third-order valence-corrected chi connectivity index (χ3v) is 2.86. The first kappa shape index (κ1) is 15.6. The second kappa shape index (κ2) is 7.85. The van der Waals surface area contributed by atoms with E-state index in [1.54, 1.807) is 19.1 Å². The van der Waals surface area contributed by atoms with Crippen LogP contribution in [0.2, 0.25) is 0 Å². The molecule has 0 aliphatic carbocycles. The number of nitrogens with one attached hydrogen (secondary N) is 1. The van der Waals surface area contributed by atoms with Gasteiger partial charge in [-0.05, 0) is 19.1 Å². The van der Waals surface area contributed by atoms with Crippen LogP contribution in [0.4, 0.5) is 5.69 Å². The van der Waals surface area contributed by atoms with Gasteiger partial charge in [0.1, 0.15) is 0 Å². The minimum absolute atomic E-state index is 0.0619. The van der Waals surface area contributed by atoms with Crippen LogP contribution in [0.15, 0.2) is 22.7 Å². The molecule has 1 aromatic carbocycles. The van der Waals surface area contributed by atoms with Crippen molar-refractivity contribution in [3.8, 4) is 0 Å². The highest BCUT2D eigenvalue weighted by molar-refractivity contribution is 9.10. The summed E-state index contributed by atoms with van der Waals surface area (Å²) in [7, 11) is 0. The zero-order chi connectivity index (χ0) is 14.3. The molecule has 0 aliphatic heterocycles. The molecular weight excluding hydrogens is 316 g/mol. The molecule has 0 amide bonds. The van der Waals surface area contributed by atoms with Crippen LogP contribution in [0, 0.1) is 10.1 Å². The minimum Gasteiger partial charge on any atom is -0.466 e. The lowest BCUT2D eigenvalue weighted by atomic mass is 10.2. The normalized spacial score (nSPS) is 10.2. The fourth-order valence-electron chi connectivity index (χ4n) is 1.52. The van der Waals surface area contributed by atoms with Crippen LogP contribution >= 0.6 is 15.9 Å². The lowest BCUT2D eigenvalue weighted by Crippen LogP contribution is -2.19. The molecule has 7 heteroatoms. The van der Waals surface area contributed by atoms with Gasteiger partial charge >= 0.3 is 5.97 Å². The minimum atomic E-state index is -0.422. The van der Waals surface area contributed by atoms with Crippen LogP contribution in [0.5, 0.6) is 0 Å². The standard InChI is InChI=1S/C12H15BrN2O4/c1-2-19-12(16)5-6-14-8-9-7-10(13)3-4-11(9)15(17)18/h3-4,7,14H,2,5-6,8H2,1H3. The maximum Gasteiger partial charge on any atom is 0.307 e. The first-order chi connectivity index (χ1) is 9.04. The van der Waals surface area contributed by atoms with Crippen LogP contribution in [-0.4, -0.2) is 24.0 Å². The van der Waals surface area contributed by atoms with Gasteiger partial charge in [0.2, 0.25) is 0 Å². The summed E-state index contributed by atoms with van der Waals surface area (Å²) in [5.41, 5.74) is 0.634. The molecule has 1 aromatic rings. The number of benzene rings is 1. The van der Waals surface area contributed by atoms with E-state index in [-0.39, 0.29) is 18.1 Å². The Morgan fingerprint density at radius 1 is 1.53 bits per heavy atom. The van der Waals surface area contributed by atoms with E-state index in [1.165, 1.54) is 6.07 Å². The van der Waals surface area contributed by atoms with Crippen molar-refractivity contribution in [3.63, 3.8) is 0 Å². The number of nitro benzene ring substituents is 1. The van der Waals surface area contributed by atoms with Crippen LogP contribution < -0.4 is 5.32 Å². The monoisotopic (exact) mass is 330 g/mol. The number of esters is 1. The van der Waals surface area contributed by atoms with Gasteiger partial charge in [-0.15, -0.1) is 0 Å². The maximum atomic E-state index is 11.1. The zero-order valence-electron chi connectivity index (χ0n) is 10.5. The van der Waals surface area contributed by atoms with E-state index < -0.39 is 4.92 Å². The van der Waals surface area contributed by atoms with Crippen molar-refractivity contribution in [2.75, 3.05) is 13.2 Å². The Morgan fingerprint density at radius 3 is 2.89 bits per heavy atom. The molecule has 0 heterocycles. The van der Waals surface area contributed by atoms with Gasteiger partial charge in [-0.2, -0.15) is 0 Å². The molecule has 0 atom stereocenters. The molecule has 1 rings (SSSR count). The summed E-state index contributed by atoms with van der Waals surface area (Å²) < 4.78 is 5.56. The Hall–Kier alpha value is -1.47. The Morgan fingerprint density at radius 2 is 2.26 bits per heavy atom. The number of hydrogen-bond acceptors (Lipinski definition) is 5. The van der Waals surface area contributed by atoms with Crippen LogP contribution in [-0.2, 0) is 16.1 Å². The van der Waals surface area contributed by atoms with Gasteiger partial charge in [0.15, 0.2) is 0 Å². The Kier molecular flexibility index (Phi) is 6.44. The fourth-order valence-corrected chi connectivity index (χ4v) is 1.93. The highest BCUT2D eigenvalue weighted by Crippen LogP contribution is 2.22. The molecule has 6 nitrogen and oxygen atoms in total. The van der Waals surface area contributed by atoms with Gasteiger partial charge < -0.3 is 10.1 Å². The molecule has 0 saturated carbocycles. The lowest BCUT2D eigenvalue weighted by Gasteiger charge is -2.06. The molecule has 19 heavy (non-hydrogen) atoms. The van der Waals surface area contributed by atoms with E-state index in [0.29, 0.717) is 25.3 Å². The predicted octanol–water partition coefficient (Wildman–Crippen LogP) is 2.40. The van der Waals surface area contributed by atoms with Gasteiger partial charge in [0, 0.05) is 29.2 Å². The number of nitrogens with zero attached hydrogens (tertiary/aromatic N) is 1. The topological polar surface area (TPSA) is 81.5 Å². The first-order valence-corrected chi connectivity index (χ1v) is 6.63. The van der Waals surface area contributed by atoms with Crippen LogP contribution in [0.1, 0.15) is 18.9 Å². The summed E-state index contributed by atoms with van der Waals surface area (Å²) in [6.07, 6.45) is 0.246. The van der Waals surface area contributed by atoms with Crippen molar-refractivity contribution in [2.45, 2.75) is 19.9 Å². The summed E-state index contributed by atoms with van der Waals surface area (Å²) >= 11 is 3.27. The molecule has 0 saturated heterocycles. The number of halogens is 1. The molecule has 0 spiro atoms. The average molecular weight is 331 g/mol. The summed E-state index contributed by atoms with van der Waals surface area (Å²) in [4.78, 5) is 21.5. The number of carbonyl (C=O) groups excluding carboxylic acids is 1. The average Bonchev–Trinajstić information content (AvgIpc) is 2.34. The molecular formula is C12H15BrN2O4. The van der Waals surface area contributed by atoms with Crippen molar-refractivity contribution >= 4 is 27.6 Å². The second-order valence-corrected chi connectivity index (χ2v) is 4.68. The van der Waals surface area contributed by atoms with Crippen molar-refractivity contribution in [1.82, 2.24) is 5.32 Å². The summed E-state index contributed by atoms with van der Waals surface area (Å²) in [5.74, 6) is -0.279. The Bertz CT molecular complexity index is 465. The molecule has 0 unspecified atom stereocenters. The molecule has 1 N–H and O–H groups in total. The summed E-state index contributed by atoms with van der Waals surface area (Å²) in [6.45, 7) is 2.85. The van der Waals surface area contributed by atoms with E-state index in [4.69, 9.17) is 4.74 Å². The zero-order valence-corrected chi connectivity index (χ0v) is 12.1. The third-order valence-electron chi connectivity index (χ3n) is 2.36. The number of nitro groups is 1. The predicted molar refractivity (Wildman–Crippen MR) is 73.8 cm³/mol. The second-order valence-electron chi connectivity index (χ2n) is 3.76. The number of hydrogen-bond donors (Lipinski definition) is 1. The van der Waals surface area contributed by atoms with Crippen molar-refractivity contribution in [1.29, 1.82) is 0 Å². The molecule has 0 aromatic heterocycles. The lowest BCUT2D eigenvalue weighted by molar-refractivity contribution is -0.385. The largest absolute Gasteiger partial charge is 0.466 e. The van der Waals surface area contributed by atoms with Gasteiger partial charge in [0.05, 0.1) is 18.0 Å². The van der Waals surface area contributed by atoms with Crippen LogP contribution in [0.25, 0.3) is 0 Å². The molecule has 0 fully saturated rings. The van der Waals surface area contributed by atoms with Crippen LogP contribution in [0.3, 0.4) is 0 Å². The van der Waals surface area contributed by atoms with E-state index >= 15 is 0 Å². The SMILES string of the molecule is CCOC(=O)CCNCc1cc(Br)ccc1[N+](=O)[O-]. The first-order valence-electron chi connectivity index (χ1n) is 5.83. The highest BCUT2D eigenvalue weighted by Gasteiger charge is 2.13. The van der Waals surface area contributed by atoms with Crippen molar-refractivity contribution in [3.05, 3.63) is 38.3 Å². The van der Waals surface area contributed by atoms with Gasteiger partial charge in [0.25, 0.3) is 5.69 Å². The van der Waals surface area contributed by atoms with Gasteiger partial charge in [-0.25, -0.2) is 0 Å². The Balaban J connectivity index is 2.51. The van der Waals surface area contributed by atoms with Gasteiger partial charge in [-0.3, -0.25) is 14.9 Å². The molecule has 104 valence electrons. The Labute approximate surface area is 119 Å². The summed E-state index contributed by atoms with van der Waals surface area (Å²) in [5, 5.41) is 13.8. The van der Waals surface area contributed by atoms with Gasteiger partial charge in [-0.1, -0.05) is 15.9 Å². The third kappa shape index (κ3) is 5.35.